The summed E-state index contributed by atoms with van der Waals surface area (Å²) in [6.45, 7) is 3.43. The summed E-state index contributed by atoms with van der Waals surface area (Å²) in [7, 11) is -3.04. The van der Waals surface area contributed by atoms with Gasteiger partial charge in [0.1, 0.15) is 9.84 Å². The van der Waals surface area contributed by atoms with Gasteiger partial charge in [0.2, 0.25) is 0 Å². The molecule has 0 aliphatic heterocycles. The van der Waals surface area contributed by atoms with Gasteiger partial charge in [-0.15, -0.1) is 0 Å². The number of sulfone groups is 1. The Balaban J connectivity index is 2.74. The van der Waals surface area contributed by atoms with Crippen molar-refractivity contribution in [3.8, 4) is 0 Å². The Kier molecular flexibility index (Phi) is 4.60. The highest BCUT2D eigenvalue weighted by Crippen LogP contribution is 2.34. The first-order valence-electron chi connectivity index (χ1n) is 6.27. The maximum absolute atomic E-state index is 11.5. The van der Waals surface area contributed by atoms with E-state index in [0.29, 0.717) is 19.3 Å². The lowest BCUT2D eigenvalue weighted by Gasteiger charge is -2.38. The summed E-state index contributed by atoms with van der Waals surface area (Å²) in [5.74, 6) is -0.113. The van der Waals surface area contributed by atoms with Crippen molar-refractivity contribution < 1.29 is 18.6 Å². The monoisotopic (exact) mass is 264 g/mol. The smallest absolute Gasteiger partial charge is 0.150 e. The van der Waals surface area contributed by atoms with Crippen LogP contribution in [0.1, 0.15) is 46.0 Å². The number of aliphatic hydroxyl groups excluding tert-OH is 1. The normalized spacial score (nSPS) is 31.8. The predicted molar refractivity (Wildman–Crippen MR) is 67.5 cm³/mol. The van der Waals surface area contributed by atoms with E-state index in [4.69, 9.17) is 0 Å². The van der Waals surface area contributed by atoms with Crippen LogP contribution in [0, 0.1) is 5.92 Å². The first kappa shape index (κ1) is 14.9. The van der Waals surface area contributed by atoms with Gasteiger partial charge in [0.25, 0.3) is 0 Å². The van der Waals surface area contributed by atoms with Crippen LogP contribution in [-0.4, -0.2) is 41.8 Å². The lowest BCUT2D eigenvalue weighted by Crippen LogP contribution is -2.46. The van der Waals surface area contributed by atoms with Crippen LogP contribution in [0.3, 0.4) is 0 Å². The van der Waals surface area contributed by atoms with Gasteiger partial charge in [-0.2, -0.15) is 0 Å². The van der Waals surface area contributed by atoms with Crippen molar-refractivity contribution in [2.75, 3.05) is 6.26 Å². The molecule has 0 radical (unpaired) electrons. The van der Waals surface area contributed by atoms with Crippen molar-refractivity contribution >= 4 is 9.84 Å². The van der Waals surface area contributed by atoms with E-state index in [9.17, 15) is 18.6 Å². The Morgan fingerprint density at radius 2 is 2.00 bits per heavy atom. The van der Waals surface area contributed by atoms with Gasteiger partial charge >= 0.3 is 0 Å². The van der Waals surface area contributed by atoms with E-state index in [2.05, 4.69) is 0 Å². The van der Waals surface area contributed by atoms with Gasteiger partial charge in [-0.05, 0) is 38.5 Å². The second kappa shape index (κ2) is 5.24. The van der Waals surface area contributed by atoms with Crippen molar-refractivity contribution in [2.24, 2.45) is 5.92 Å². The molecule has 0 aromatic carbocycles. The van der Waals surface area contributed by atoms with Crippen molar-refractivity contribution in [2.45, 2.75) is 62.9 Å². The highest BCUT2D eigenvalue weighted by atomic mass is 32.2. The summed E-state index contributed by atoms with van der Waals surface area (Å²) in [6.07, 6.45) is 3.63. The van der Waals surface area contributed by atoms with Gasteiger partial charge in [-0.25, -0.2) is 8.42 Å². The van der Waals surface area contributed by atoms with Crippen LogP contribution in [-0.2, 0) is 9.84 Å². The third-order valence-electron chi connectivity index (χ3n) is 4.07. The van der Waals surface area contributed by atoms with Gasteiger partial charge in [0.05, 0.1) is 17.0 Å². The first-order chi connectivity index (χ1) is 7.68. The fraction of sp³-hybridized carbons (Fsp3) is 1.00. The minimum Gasteiger partial charge on any atom is -0.390 e. The topological polar surface area (TPSA) is 74.6 Å². The second-order valence-corrected chi connectivity index (χ2v) is 7.86. The summed E-state index contributed by atoms with van der Waals surface area (Å²) >= 11 is 0. The molecule has 0 bridgehead atoms. The van der Waals surface area contributed by atoms with Crippen LogP contribution < -0.4 is 0 Å². The quantitative estimate of drug-likeness (QED) is 0.797. The maximum Gasteiger partial charge on any atom is 0.150 e. The molecule has 0 spiro atoms. The molecule has 4 unspecified atom stereocenters. The average molecular weight is 264 g/mol. The molecule has 0 amide bonds. The summed E-state index contributed by atoms with van der Waals surface area (Å²) in [4.78, 5) is 0. The van der Waals surface area contributed by atoms with E-state index < -0.39 is 21.5 Å². The highest BCUT2D eigenvalue weighted by Gasteiger charge is 2.39. The Bertz CT molecular complexity index is 348. The number of aliphatic hydroxyl groups is 2. The van der Waals surface area contributed by atoms with Gasteiger partial charge in [-0.1, -0.05) is 13.3 Å². The summed E-state index contributed by atoms with van der Waals surface area (Å²) < 4.78 is 23.1. The molecule has 5 heteroatoms. The minimum atomic E-state index is -3.04. The lowest BCUT2D eigenvalue weighted by atomic mass is 9.78. The van der Waals surface area contributed by atoms with Crippen molar-refractivity contribution in [3.05, 3.63) is 0 Å². The Labute approximate surface area is 104 Å². The molecule has 0 saturated heterocycles. The summed E-state index contributed by atoms with van der Waals surface area (Å²) in [5, 5.41) is 19.8. The van der Waals surface area contributed by atoms with Crippen LogP contribution in [0.5, 0.6) is 0 Å². The lowest BCUT2D eigenvalue weighted by molar-refractivity contribution is -0.0965. The molecular weight excluding hydrogens is 240 g/mol. The predicted octanol–water partition coefficient (Wildman–Crippen LogP) is 1.11. The van der Waals surface area contributed by atoms with E-state index >= 15 is 0 Å². The zero-order chi connectivity index (χ0) is 13.3. The zero-order valence-corrected chi connectivity index (χ0v) is 11.7. The van der Waals surface area contributed by atoms with Crippen LogP contribution >= 0.6 is 0 Å². The Morgan fingerprint density at radius 1 is 1.41 bits per heavy atom. The molecule has 0 aromatic rings. The average Bonchev–Trinajstić information content (AvgIpc) is 2.27. The van der Waals surface area contributed by atoms with Crippen LogP contribution in [0.2, 0.25) is 0 Å². The van der Waals surface area contributed by atoms with E-state index in [1.807, 2.05) is 6.92 Å². The number of hydrogen-bond donors (Lipinski definition) is 2. The van der Waals surface area contributed by atoms with Gasteiger partial charge in [-0.3, -0.25) is 0 Å². The van der Waals surface area contributed by atoms with Crippen LogP contribution in [0.15, 0.2) is 0 Å². The molecule has 1 fully saturated rings. The molecule has 17 heavy (non-hydrogen) atoms. The van der Waals surface area contributed by atoms with Crippen LogP contribution in [0.4, 0.5) is 0 Å². The van der Waals surface area contributed by atoms with Gasteiger partial charge in [0.15, 0.2) is 0 Å². The third-order valence-corrected chi connectivity index (χ3v) is 5.71. The molecule has 0 heterocycles. The van der Waals surface area contributed by atoms with Gasteiger partial charge in [0, 0.05) is 6.26 Å². The molecule has 102 valence electrons. The SMILES string of the molecule is CCC(C)(O)C(O)C1CCCC(S(C)(=O)=O)C1. The molecule has 0 aromatic heterocycles. The Morgan fingerprint density at radius 3 is 2.47 bits per heavy atom. The largest absolute Gasteiger partial charge is 0.390 e. The van der Waals surface area contributed by atoms with Crippen molar-refractivity contribution in [3.63, 3.8) is 0 Å². The van der Waals surface area contributed by atoms with E-state index in [-0.39, 0.29) is 11.2 Å². The molecule has 1 saturated carbocycles. The number of hydrogen-bond acceptors (Lipinski definition) is 4. The fourth-order valence-electron chi connectivity index (χ4n) is 2.57. The Hall–Kier alpha value is -0.130. The summed E-state index contributed by atoms with van der Waals surface area (Å²) in [5.41, 5.74) is -1.12. The molecule has 2 N–H and O–H groups in total. The molecule has 4 atom stereocenters. The second-order valence-electron chi connectivity index (χ2n) is 5.53. The molecule has 4 nitrogen and oxygen atoms in total. The van der Waals surface area contributed by atoms with E-state index in [1.165, 1.54) is 6.26 Å². The van der Waals surface area contributed by atoms with E-state index in [1.54, 1.807) is 6.92 Å². The molecular formula is C12H24O4S. The minimum absolute atomic E-state index is 0.113. The van der Waals surface area contributed by atoms with Crippen LogP contribution in [0.25, 0.3) is 0 Å². The highest BCUT2D eigenvalue weighted by molar-refractivity contribution is 7.91. The maximum atomic E-state index is 11.5. The van der Waals surface area contributed by atoms with Crippen molar-refractivity contribution in [1.82, 2.24) is 0 Å². The van der Waals surface area contributed by atoms with Gasteiger partial charge < -0.3 is 10.2 Å². The fourth-order valence-corrected chi connectivity index (χ4v) is 3.77. The first-order valence-corrected chi connectivity index (χ1v) is 8.23. The standard InChI is InChI=1S/C12H24O4S/c1-4-12(2,14)11(13)9-6-5-7-10(8-9)17(3,15)16/h9-11,13-14H,4-8H2,1-3H3. The number of rotatable bonds is 4. The molecule has 1 aliphatic carbocycles. The zero-order valence-electron chi connectivity index (χ0n) is 10.9. The summed E-state index contributed by atoms with van der Waals surface area (Å²) in [6, 6.07) is 0. The molecule has 1 aliphatic rings. The molecule has 1 rings (SSSR count). The van der Waals surface area contributed by atoms with Crippen molar-refractivity contribution in [1.29, 1.82) is 0 Å². The van der Waals surface area contributed by atoms with E-state index in [0.717, 1.165) is 12.8 Å². The third kappa shape index (κ3) is 3.66.